The molecular formula is C23H20F3N3O3S. The molecule has 1 aliphatic rings. The Balaban J connectivity index is 1.64. The zero-order valence-electron chi connectivity index (χ0n) is 17.8. The van der Waals surface area contributed by atoms with Crippen LogP contribution in [0.5, 0.6) is 5.75 Å². The number of carbonyl (C=O) groups is 2. The Morgan fingerprint density at radius 2 is 2.00 bits per heavy atom. The average molecular weight is 475 g/mol. The quantitative estimate of drug-likeness (QED) is 0.545. The van der Waals surface area contributed by atoms with Gasteiger partial charge in [0.2, 0.25) is 5.91 Å². The van der Waals surface area contributed by atoms with Crippen molar-refractivity contribution in [1.29, 1.82) is 0 Å². The molecule has 0 radical (unpaired) electrons. The predicted molar refractivity (Wildman–Crippen MR) is 119 cm³/mol. The Hall–Kier alpha value is -3.40. The predicted octanol–water partition coefficient (Wildman–Crippen LogP) is 5.28. The summed E-state index contributed by atoms with van der Waals surface area (Å²) in [6.07, 6.45) is -5.04. The Morgan fingerprint density at radius 3 is 2.67 bits per heavy atom. The Morgan fingerprint density at radius 1 is 1.24 bits per heavy atom. The largest absolute Gasteiger partial charge is 0.478 e. The van der Waals surface area contributed by atoms with Crippen LogP contribution >= 0.6 is 11.3 Å². The lowest BCUT2D eigenvalue weighted by Crippen LogP contribution is -2.48. The van der Waals surface area contributed by atoms with Crippen molar-refractivity contribution in [3.63, 3.8) is 0 Å². The van der Waals surface area contributed by atoms with Gasteiger partial charge in [0, 0.05) is 10.9 Å². The number of fused-ring (bicyclic) bond motifs is 1. The number of thiazole rings is 1. The number of rotatable bonds is 5. The summed E-state index contributed by atoms with van der Waals surface area (Å²) in [5.74, 6) is -0.769. The van der Waals surface area contributed by atoms with Gasteiger partial charge < -0.3 is 10.1 Å². The maximum absolute atomic E-state index is 13.3. The standard InChI is InChI=1S/C23H20F3N3O3S/c1-3-19-22(31)29(11-21(30)28-16-7-5-4-6-15(16)23(24,25)26)18-10-14(8-9-20(18)32-19)17-12-33-13(2)27-17/h4-10,12,19H,3,11H2,1-2H3,(H,28,30). The van der Waals surface area contributed by atoms with Gasteiger partial charge in [-0.15, -0.1) is 11.3 Å². The van der Waals surface area contributed by atoms with E-state index >= 15 is 0 Å². The van der Waals surface area contributed by atoms with Gasteiger partial charge in [-0.2, -0.15) is 13.2 Å². The van der Waals surface area contributed by atoms with Crippen molar-refractivity contribution in [3.05, 3.63) is 58.4 Å². The zero-order chi connectivity index (χ0) is 23.8. The fourth-order valence-electron chi connectivity index (χ4n) is 3.57. The molecule has 172 valence electrons. The number of para-hydroxylation sites is 1. The molecule has 0 spiro atoms. The van der Waals surface area contributed by atoms with Gasteiger partial charge in [-0.05, 0) is 43.7 Å². The van der Waals surface area contributed by atoms with Gasteiger partial charge >= 0.3 is 6.18 Å². The molecule has 1 unspecified atom stereocenters. The number of nitrogens with zero attached hydrogens (tertiary/aromatic N) is 2. The minimum Gasteiger partial charge on any atom is -0.478 e. The highest BCUT2D eigenvalue weighted by Gasteiger charge is 2.36. The summed E-state index contributed by atoms with van der Waals surface area (Å²) in [7, 11) is 0. The SMILES string of the molecule is CCC1Oc2ccc(-c3csc(C)n3)cc2N(CC(=O)Nc2ccccc2C(F)(F)F)C1=O. The van der Waals surface area contributed by atoms with E-state index in [9.17, 15) is 22.8 Å². The van der Waals surface area contributed by atoms with Gasteiger partial charge in [0.05, 0.1) is 27.6 Å². The molecule has 6 nitrogen and oxygen atoms in total. The number of anilines is 2. The van der Waals surface area contributed by atoms with Gasteiger partial charge in [0.15, 0.2) is 6.10 Å². The fourth-order valence-corrected chi connectivity index (χ4v) is 4.20. The molecule has 3 aromatic rings. The third kappa shape index (κ3) is 4.70. The summed E-state index contributed by atoms with van der Waals surface area (Å²) in [6, 6.07) is 9.92. The van der Waals surface area contributed by atoms with Crippen molar-refractivity contribution in [2.24, 2.45) is 0 Å². The normalized spacial score (nSPS) is 15.7. The van der Waals surface area contributed by atoms with E-state index in [2.05, 4.69) is 10.3 Å². The lowest BCUT2D eigenvalue weighted by atomic mass is 10.1. The molecule has 1 atom stereocenters. The highest BCUT2D eigenvalue weighted by molar-refractivity contribution is 7.09. The maximum Gasteiger partial charge on any atom is 0.418 e. The Kier molecular flexibility index (Phi) is 6.11. The number of nitrogens with one attached hydrogen (secondary N) is 1. The molecule has 1 N–H and O–H groups in total. The second-order valence-electron chi connectivity index (χ2n) is 7.46. The van der Waals surface area contributed by atoms with Crippen molar-refractivity contribution in [1.82, 2.24) is 4.98 Å². The van der Waals surface area contributed by atoms with Crippen molar-refractivity contribution in [2.75, 3.05) is 16.8 Å². The van der Waals surface area contributed by atoms with E-state index in [0.717, 1.165) is 16.6 Å². The van der Waals surface area contributed by atoms with Gasteiger partial charge in [-0.3, -0.25) is 14.5 Å². The van der Waals surface area contributed by atoms with E-state index in [0.29, 0.717) is 23.6 Å². The number of carbonyl (C=O) groups excluding carboxylic acids is 2. The zero-order valence-corrected chi connectivity index (χ0v) is 18.6. The number of hydrogen-bond acceptors (Lipinski definition) is 5. The minimum atomic E-state index is -4.63. The molecule has 4 rings (SSSR count). The third-order valence-corrected chi connectivity index (χ3v) is 5.93. The summed E-state index contributed by atoms with van der Waals surface area (Å²) in [4.78, 5) is 31.5. The number of aryl methyl sites for hydroxylation is 1. The van der Waals surface area contributed by atoms with E-state index in [-0.39, 0.29) is 5.69 Å². The van der Waals surface area contributed by atoms with Crippen LogP contribution in [-0.4, -0.2) is 29.4 Å². The van der Waals surface area contributed by atoms with E-state index in [1.807, 2.05) is 18.4 Å². The van der Waals surface area contributed by atoms with E-state index < -0.39 is 36.2 Å². The monoisotopic (exact) mass is 475 g/mol. The van der Waals surface area contributed by atoms with Crippen LogP contribution in [0.2, 0.25) is 0 Å². The van der Waals surface area contributed by atoms with Gasteiger partial charge in [0.25, 0.3) is 5.91 Å². The molecule has 2 amide bonds. The first kappa shape index (κ1) is 22.8. The lowest BCUT2D eigenvalue weighted by molar-refractivity contribution is -0.137. The lowest BCUT2D eigenvalue weighted by Gasteiger charge is -2.34. The van der Waals surface area contributed by atoms with Crippen LogP contribution in [0, 0.1) is 6.92 Å². The highest BCUT2D eigenvalue weighted by Crippen LogP contribution is 2.39. The summed E-state index contributed by atoms with van der Waals surface area (Å²) < 4.78 is 45.6. The van der Waals surface area contributed by atoms with Crippen LogP contribution < -0.4 is 15.0 Å². The number of aromatic nitrogens is 1. The second kappa shape index (κ2) is 8.86. The first-order valence-corrected chi connectivity index (χ1v) is 11.1. The van der Waals surface area contributed by atoms with Gasteiger partial charge in [0.1, 0.15) is 12.3 Å². The molecule has 2 aromatic carbocycles. The molecule has 0 bridgehead atoms. The van der Waals surface area contributed by atoms with Crippen LogP contribution in [0.3, 0.4) is 0 Å². The van der Waals surface area contributed by atoms with Crippen LogP contribution in [0.4, 0.5) is 24.5 Å². The Labute approximate surface area is 192 Å². The number of amides is 2. The van der Waals surface area contributed by atoms with Crippen molar-refractivity contribution in [2.45, 2.75) is 32.5 Å². The summed E-state index contributed by atoms with van der Waals surface area (Å²) >= 11 is 1.48. The molecular weight excluding hydrogens is 455 g/mol. The van der Waals surface area contributed by atoms with Crippen LogP contribution in [-0.2, 0) is 15.8 Å². The van der Waals surface area contributed by atoms with Gasteiger partial charge in [-0.25, -0.2) is 4.98 Å². The van der Waals surface area contributed by atoms with Crippen LogP contribution in [0.15, 0.2) is 47.8 Å². The number of alkyl halides is 3. The molecule has 1 aliphatic heterocycles. The van der Waals surface area contributed by atoms with Crippen molar-refractivity contribution >= 4 is 34.5 Å². The average Bonchev–Trinajstić information content (AvgIpc) is 3.21. The topological polar surface area (TPSA) is 71.5 Å². The van der Waals surface area contributed by atoms with E-state index in [1.165, 1.54) is 34.4 Å². The molecule has 10 heteroatoms. The van der Waals surface area contributed by atoms with Crippen LogP contribution in [0.25, 0.3) is 11.3 Å². The molecule has 0 saturated heterocycles. The summed E-state index contributed by atoms with van der Waals surface area (Å²) in [5.41, 5.74) is 0.493. The number of benzene rings is 2. The van der Waals surface area contributed by atoms with E-state index in [1.54, 1.807) is 19.1 Å². The molecule has 2 heterocycles. The fraction of sp³-hybridized carbons (Fsp3) is 0.261. The molecule has 0 aliphatic carbocycles. The Bertz CT molecular complexity index is 1210. The molecule has 0 fully saturated rings. The molecule has 0 saturated carbocycles. The van der Waals surface area contributed by atoms with Gasteiger partial charge in [-0.1, -0.05) is 19.1 Å². The molecule has 33 heavy (non-hydrogen) atoms. The van der Waals surface area contributed by atoms with Crippen molar-refractivity contribution < 1.29 is 27.5 Å². The first-order valence-electron chi connectivity index (χ1n) is 10.2. The summed E-state index contributed by atoms with van der Waals surface area (Å²) in [6.45, 7) is 3.19. The number of hydrogen-bond donors (Lipinski definition) is 1. The highest BCUT2D eigenvalue weighted by atomic mass is 32.1. The maximum atomic E-state index is 13.3. The minimum absolute atomic E-state index is 0.366. The first-order chi connectivity index (χ1) is 15.7. The smallest absolute Gasteiger partial charge is 0.418 e. The van der Waals surface area contributed by atoms with Crippen LogP contribution in [0.1, 0.15) is 23.9 Å². The number of ether oxygens (including phenoxy) is 1. The second-order valence-corrected chi connectivity index (χ2v) is 8.53. The third-order valence-electron chi connectivity index (χ3n) is 5.15. The van der Waals surface area contributed by atoms with Crippen molar-refractivity contribution in [3.8, 4) is 17.0 Å². The summed E-state index contributed by atoms with van der Waals surface area (Å²) in [5, 5.41) is 5.05. The number of halogens is 3. The van der Waals surface area contributed by atoms with E-state index in [4.69, 9.17) is 4.74 Å². The molecule has 1 aromatic heterocycles.